The van der Waals surface area contributed by atoms with Crippen molar-refractivity contribution in [2.24, 2.45) is 0 Å². The van der Waals surface area contributed by atoms with E-state index in [0.717, 1.165) is 17.7 Å². The lowest BCUT2D eigenvalue weighted by atomic mass is 10.1. The van der Waals surface area contributed by atoms with E-state index < -0.39 is 17.7 Å². The average molecular weight is 273 g/mol. The van der Waals surface area contributed by atoms with E-state index in [0.29, 0.717) is 12.6 Å². The minimum Gasteiger partial charge on any atom is -0.478 e. The minimum atomic E-state index is -4.56. The summed E-state index contributed by atoms with van der Waals surface area (Å²) in [5.41, 5.74) is -0.349. The Balaban J connectivity index is 3.26. The fraction of sp³-hybridized carbons (Fsp3) is 0.308. The molecule has 0 unspecified atom stereocenters. The second kappa shape index (κ2) is 5.34. The molecule has 0 saturated carbocycles. The van der Waals surface area contributed by atoms with Gasteiger partial charge in [0.25, 0.3) is 0 Å². The van der Waals surface area contributed by atoms with Crippen molar-refractivity contribution in [3.8, 4) is 0 Å². The number of rotatable bonds is 4. The Morgan fingerprint density at radius 1 is 1.42 bits per heavy atom. The molecule has 0 radical (unpaired) electrons. The van der Waals surface area contributed by atoms with Crippen molar-refractivity contribution < 1.29 is 23.1 Å². The van der Waals surface area contributed by atoms with E-state index in [-0.39, 0.29) is 11.3 Å². The highest BCUT2D eigenvalue weighted by Gasteiger charge is 2.32. The quantitative estimate of drug-likeness (QED) is 0.854. The summed E-state index contributed by atoms with van der Waals surface area (Å²) in [6.45, 7) is 5.80. The van der Waals surface area contributed by atoms with Gasteiger partial charge >= 0.3 is 12.1 Å². The molecule has 0 aliphatic carbocycles. The molecule has 0 amide bonds. The highest BCUT2D eigenvalue weighted by Crippen LogP contribution is 2.32. The van der Waals surface area contributed by atoms with E-state index in [4.69, 9.17) is 5.11 Å². The standard InChI is InChI=1S/C13H14F3NO2/c1-8(2)7-17(3)11-5-4-9(13(14,15)16)6-10(11)12(18)19/h4-6H,1,7H2,2-3H3,(H,18,19). The number of alkyl halides is 3. The first kappa shape index (κ1) is 15.1. The number of hydrogen-bond acceptors (Lipinski definition) is 2. The van der Waals surface area contributed by atoms with Gasteiger partial charge in [0.1, 0.15) is 0 Å². The van der Waals surface area contributed by atoms with Gasteiger partial charge in [-0.2, -0.15) is 13.2 Å². The summed E-state index contributed by atoms with van der Waals surface area (Å²) in [5.74, 6) is -1.39. The van der Waals surface area contributed by atoms with Crippen LogP contribution in [0.3, 0.4) is 0 Å². The van der Waals surface area contributed by atoms with Crippen molar-refractivity contribution in [3.63, 3.8) is 0 Å². The van der Waals surface area contributed by atoms with Crippen LogP contribution in [0.25, 0.3) is 0 Å². The maximum absolute atomic E-state index is 12.6. The van der Waals surface area contributed by atoms with Crippen molar-refractivity contribution >= 4 is 11.7 Å². The maximum atomic E-state index is 12.6. The van der Waals surface area contributed by atoms with E-state index in [1.165, 1.54) is 0 Å². The number of aromatic carboxylic acids is 1. The van der Waals surface area contributed by atoms with Crippen LogP contribution in [0, 0.1) is 0 Å². The predicted octanol–water partition coefficient (Wildman–Crippen LogP) is 3.42. The molecule has 0 aliphatic rings. The molecule has 3 nitrogen and oxygen atoms in total. The monoisotopic (exact) mass is 273 g/mol. The number of benzene rings is 1. The van der Waals surface area contributed by atoms with Crippen LogP contribution in [0.1, 0.15) is 22.8 Å². The number of carbonyl (C=O) groups is 1. The molecule has 0 heterocycles. The number of carboxylic acid groups (broad SMARTS) is 1. The summed E-state index contributed by atoms with van der Waals surface area (Å²) in [4.78, 5) is 12.6. The lowest BCUT2D eigenvalue weighted by molar-refractivity contribution is -0.137. The van der Waals surface area contributed by atoms with Gasteiger partial charge in [0.15, 0.2) is 0 Å². The third-order valence-corrected chi connectivity index (χ3v) is 2.47. The Morgan fingerprint density at radius 2 is 2.00 bits per heavy atom. The smallest absolute Gasteiger partial charge is 0.416 e. The summed E-state index contributed by atoms with van der Waals surface area (Å²) in [7, 11) is 1.60. The van der Waals surface area contributed by atoms with E-state index in [1.807, 2.05) is 0 Å². The lowest BCUT2D eigenvalue weighted by Crippen LogP contribution is -2.22. The van der Waals surface area contributed by atoms with Gasteiger partial charge in [-0.05, 0) is 25.1 Å². The van der Waals surface area contributed by atoms with Gasteiger partial charge in [-0.15, -0.1) is 0 Å². The number of halogens is 3. The molecule has 1 aromatic rings. The zero-order chi connectivity index (χ0) is 14.8. The normalized spacial score (nSPS) is 11.2. The van der Waals surface area contributed by atoms with E-state index >= 15 is 0 Å². The van der Waals surface area contributed by atoms with Gasteiger partial charge in [-0.3, -0.25) is 0 Å². The van der Waals surface area contributed by atoms with Crippen LogP contribution in [-0.4, -0.2) is 24.7 Å². The highest BCUT2D eigenvalue weighted by atomic mass is 19.4. The minimum absolute atomic E-state index is 0.225. The van der Waals surface area contributed by atoms with Crippen molar-refractivity contribution in [2.75, 3.05) is 18.5 Å². The Labute approximate surface area is 109 Å². The van der Waals surface area contributed by atoms with Crippen molar-refractivity contribution in [1.29, 1.82) is 0 Å². The molecule has 0 saturated heterocycles. The first-order valence-electron chi connectivity index (χ1n) is 5.43. The maximum Gasteiger partial charge on any atom is 0.416 e. The van der Waals surface area contributed by atoms with E-state index in [2.05, 4.69) is 6.58 Å². The molecular weight excluding hydrogens is 259 g/mol. The van der Waals surface area contributed by atoms with Crippen molar-refractivity contribution in [3.05, 3.63) is 41.5 Å². The Kier molecular flexibility index (Phi) is 4.24. The molecule has 1 rings (SSSR count). The van der Waals surface area contributed by atoms with Gasteiger partial charge in [-0.1, -0.05) is 12.2 Å². The van der Waals surface area contributed by atoms with Crippen LogP contribution >= 0.6 is 0 Å². The molecular formula is C13H14F3NO2. The Bertz CT molecular complexity index is 509. The van der Waals surface area contributed by atoms with Crippen molar-refractivity contribution in [2.45, 2.75) is 13.1 Å². The van der Waals surface area contributed by atoms with Gasteiger partial charge in [0.05, 0.1) is 16.8 Å². The lowest BCUT2D eigenvalue weighted by Gasteiger charge is -2.22. The number of hydrogen-bond donors (Lipinski definition) is 1. The molecule has 1 aromatic carbocycles. The van der Waals surface area contributed by atoms with Gasteiger partial charge in [0, 0.05) is 13.6 Å². The summed E-state index contributed by atoms with van der Waals surface area (Å²) in [6.07, 6.45) is -4.56. The largest absolute Gasteiger partial charge is 0.478 e. The van der Waals surface area contributed by atoms with Crippen LogP contribution in [0.2, 0.25) is 0 Å². The molecule has 0 spiro atoms. The van der Waals surface area contributed by atoms with Crippen LogP contribution < -0.4 is 4.90 Å². The van der Waals surface area contributed by atoms with Crippen LogP contribution in [-0.2, 0) is 6.18 Å². The highest BCUT2D eigenvalue weighted by molar-refractivity contribution is 5.94. The zero-order valence-corrected chi connectivity index (χ0v) is 10.6. The first-order valence-corrected chi connectivity index (χ1v) is 5.43. The molecule has 0 atom stereocenters. The molecule has 6 heteroatoms. The van der Waals surface area contributed by atoms with Crippen molar-refractivity contribution in [1.82, 2.24) is 0 Å². The van der Waals surface area contributed by atoms with Gasteiger partial charge < -0.3 is 10.0 Å². The third-order valence-electron chi connectivity index (χ3n) is 2.47. The fourth-order valence-electron chi connectivity index (χ4n) is 1.71. The molecule has 19 heavy (non-hydrogen) atoms. The first-order chi connectivity index (χ1) is 8.62. The number of anilines is 1. The van der Waals surface area contributed by atoms with Crippen LogP contribution in [0.4, 0.5) is 18.9 Å². The molecule has 104 valence electrons. The molecule has 0 aliphatic heterocycles. The second-order valence-electron chi connectivity index (χ2n) is 4.35. The predicted molar refractivity (Wildman–Crippen MR) is 66.5 cm³/mol. The summed E-state index contributed by atoms with van der Waals surface area (Å²) >= 11 is 0. The van der Waals surface area contributed by atoms with Crippen LogP contribution in [0.5, 0.6) is 0 Å². The van der Waals surface area contributed by atoms with Crippen LogP contribution in [0.15, 0.2) is 30.4 Å². The zero-order valence-electron chi connectivity index (χ0n) is 10.6. The van der Waals surface area contributed by atoms with E-state index in [9.17, 15) is 18.0 Å². The second-order valence-corrected chi connectivity index (χ2v) is 4.35. The molecule has 0 bridgehead atoms. The SMILES string of the molecule is C=C(C)CN(C)c1ccc(C(F)(F)F)cc1C(=O)O. The topological polar surface area (TPSA) is 40.5 Å². The van der Waals surface area contributed by atoms with Gasteiger partial charge in [-0.25, -0.2) is 4.79 Å². The summed E-state index contributed by atoms with van der Waals surface area (Å²) in [6, 6.07) is 2.68. The third kappa shape index (κ3) is 3.74. The molecule has 1 N–H and O–H groups in total. The van der Waals surface area contributed by atoms with E-state index in [1.54, 1.807) is 18.9 Å². The fourth-order valence-corrected chi connectivity index (χ4v) is 1.71. The Hall–Kier alpha value is -1.98. The average Bonchev–Trinajstić information content (AvgIpc) is 2.25. The summed E-state index contributed by atoms with van der Waals surface area (Å²) in [5, 5.41) is 9.02. The number of likely N-dealkylation sites (N-methyl/N-ethyl adjacent to an activating group) is 1. The Morgan fingerprint density at radius 3 is 2.42 bits per heavy atom. The summed E-state index contributed by atoms with van der Waals surface area (Å²) < 4.78 is 37.7. The molecule has 0 fully saturated rings. The molecule has 0 aromatic heterocycles. The number of nitrogens with zero attached hydrogens (tertiary/aromatic N) is 1. The van der Waals surface area contributed by atoms with Gasteiger partial charge in [0.2, 0.25) is 0 Å². The number of carboxylic acids is 1.